The zero-order valence-electron chi connectivity index (χ0n) is 10.8. The van der Waals surface area contributed by atoms with Gasteiger partial charge in [0.15, 0.2) is 0 Å². The summed E-state index contributed by atoms with van der Waals surface area (Å²) >= 11 is 0. The molecule has 0 radical (unpaired) electrons. The second kappa shape index (κ2) is 6.05. The lowest BCUT2D eigenvalue weighted by Crippen LogP contribution is -2.40. The van der Waals surface area contributed by atoms with Crippen molar-refractivity contribution in [2.45, 2.75) is 51.1 Å². The van der Waals surface area contributed by atoms with Gasteiger partial charge >= 0.3 is 5.97 Å². The summed E-state index contributed by atoms with van der Waals surface area (Å²) in [6, 6.07) is 4.28. The van der Waals surface area contributed by atoms with Gasteiger partial charge in [-0.1, -0.05) is 19.8 Å². The molecule has 0 aliphatic heterocycles. The van der Waals surface area contributed by atoms with Crippen LogP contribution in [0.2, 0.25) is 0 Å². The Balaban J connectivity index is 2.17. The van der Waals surface area contributed by atoms with Gasteiger partial charge < -0.3 is 9.52 Å². The number of aliphatic carboxylic acids is 1. The van der Waals surface area contributed by atoms with E-state index in [0.29, 0.717) is 6.04 Å². The quantitative estimate of drug-likeness (QED) is 0.844. The van der Waals surface area contributed by atoms with E-state index in [1.807, 2.05) is 12.1 Å². The maximum atomic E-state index is 11.1. The SMILES string of the molecule is CCC(c1ccco1)N(CC(=O)O)C1CCCC1. The number of carbonyl (C=O) groups is 1. The average molecular weight is 251 g/mol. The van der Waals surface area contributed by atoms with Crippen LogP contribution in [0, 0.1) is 0 Å². The molecule has 1 atom stereocenters. The minimum absolute atomic E-state index is 0.0826. The zero-order chi connectivity index (χ0) is 13.0. The van der Waals surface area contributed by atoms with Gasteiger partial charge in [0.25, 0.3) is 0 Å². The van der Waals surface area contributed by atoms with Crippen molar-refractivity contribution >= 4 is 5.97 Å². The highest BCUT2D eigenvalue weighted by molar-refractivity contribution is 5.69. The van der Waals surface area contributed by atoms with Crippen LogP contribution in [0.25, 0.3) is 0 Å². The first-order valence-corrected chi connectivity index (χ1v) is 6.73. The largest absolute Gasteiger partial charge is 0.480 e. The van der Waals surface area contributed by atoms with Crippen molar-refractivity contribution in [2.75, 3.05) is 6.54 Å². The second-order valence-corrected chi connectivity index (χ2v) is 4.94. The van der Waals surface area contributed by atoms with Crippen LogP contribution in [0.4, 0.5) is 0 Å². The normalized spacial score (nSPS) is 18.3. The number of carboxylic acids is 1. The lowest BCUT2D eigenvalue weighted by molar-refractivity contribution is -0.139. The Morgan fingerprint density at radius 2 is 2.28 bits per heavy atom. The number of carboxylic acid groups (broad SMARTS) is 1. The van der Waals surface area contributed by atoms with Gasteiger partial charge in [-0.05, 0) is 31.4 Å². The predicted molar refractivity (Wildman–Crippen MR) is 68.3 cm³/mol. The molecule has 18 heavy (non-hydrogen) atoms. The van der Waals surface area contributed by atoms with Gasteiger partial charge in [-0.3, -0.25) is 9.69 Å². The highest BCUT2D eigenvalue weighted by atomic mass is 16.4. The van der Waals surface area contributed by atoms with Crippen molar-refractivity contribution in [2.24, 2.45) is 0 Å². The van der Waals surface area contributed by atoms with Crippen molar-refractivity contribution in [3.63, 3.8) is 0 Å². The summed E-state index contributed by atoms with van der Waals surface area (Å²) in [4.78, 5) is 13.2. The fraction of sp³-hybridized carbons (Fsp3) is 0.643. The Kier molecular flexibility index (Phi) is 4.42. The highest BCUT2D eigenvalue weighted by Gasteiger charge is 2.31. The topological polar surface area (TPSA) is 53.7 Å². The maximum Gasteiger partial charge on any atom is 0.317 e. The minimum atomic E-state index is -0.757. The van der Waals surface area contributed by atoms with E-state index in [2.05, 4.69) is 11.8 Å². The van der Waals surface area contributed by atoms with Gasteiger partial charge in [-0.15, -0.1) is 0 Å². The summed E-state index contributed by atoms with van der Waals surface area (Å²) in [6.45, 7) is 2.18. The predicted octanol–water partition coefficient (Wildman–Crippen LogP) is 3.06. The monoisotopic (exact) mass is 251 g/mol. The molecule has 1 unspecified atom stereocenters. The number of hydrogen-bond donors (Lipinski definition) is 1. The van der Waals surface area contributed by atoms with Crippen LogP contribution in [0.15, 0.2) is 22.8 Å². The molecule has 4 heteroatoms. The average Bonchev–Trinajstić information content (AvgIpc) is 3.01. The standard InChI is InChI=1S/C14H21NO3/c1-2-12(13-8-5-9-18-13)15(10-14(16)17)11-6-3-4-7-11/h5,8-9,11-12H,2-4,6-7,10H2,1H3,(H,16,17). The molecule has 1 aromatic rings. The van der Waals surface area contributed by atoms with E-state index >= 15 is 0 Å². The highest BCUT2D eigenvalue weighted by Crippen LogP contribution is 2.32. The number of furan rings is 1. The van der Waals surface area contributed by atoms with Gasteiger partial charge in [0.05, 0.1) is 18.8 Å². The molecule has 0 aromatic carbocycles. The molecule has 1 aliphatic rings. The van der Waals surface area contributed by atoms with Crippen molar-refractivity contribution in [1.82, 2.24) is 4.90 Å². The molecule has 1 heterocycles. The first-order valence-electron chi connectivity index (χ1n) is 6.73. The number of rotatable bonds is 6. The zero-order valence-corrected chi connectivity index (χ0v) is 10.8. The molecule has 1 saturated carbocycles. The Hall–Kier alpha value is -1.29. The van der Waals surface area contributed by atoms with Crippen LogP contribution >= 0.6 is 0 Å². The third-order valence-corrected chi connectivity index (χ3v) is 3.77. The van der Waals surface area contributed by atoms with E-state index in [-0.39, 0.29) is 12.6 Å². The fourth-order valence-corrected chi connectivity index (χ4v) is 2.97. The molecule has 100 valence electrons. The first-order chi connectivity index (χ1) is 8.72. The Morgan fingerprint density at radius 1 is 1.56 bits per heavy atom. The summed E-state index contributed by atoms with van der Waals surface area (Å²) in [5.74, 6) is 0.123. The Morgan fingerprint density at radius 3 is 2.78 bits per heavy atom. The smallest absolute Gasteiger partial charge is 0.317 e. The molecule has 0 saturated heterocycles. The Bertz CT molecular complexity index is 368. The molecule has 4 nitrogen and oxygen atoms in total. The molecule has 0 spiro atoms. The lowest BCUT2D eigenvalue weighted by atomic mass is 10.1. The molecular formula is C14H21NO3. The molecule has 2 rings (SSSR count). The van der Waals surface area contributed by atoms with Crippen LogP contribution in [0.1, 0.15) is 50.8 Å². The molecule has 1 fully saturated rings. The van der Waals surface area contributed by atoms with Gasteiger partial charge in [0.2, 0.25) is 0 Å². The van der Waals surface area contributed by atoms with Crippen molar-refractivity contribution < 1.29 is 14.3 Å². The number of nitrogens with zero attached hydrogens (tertiary/aromatic N) is 1. The van der Waals surface area contributed by atoms with Crippen molar-refractivity contribution in [3.05, 3.63) is 24.2 Å². The minimum Gasteiger partial charge on any atom is -0.480 e. The lowest BCUT2D eigenvalue weighted by Gasteiger charge is -2.33. The summed E-state index contributed by atoms with van der Waals surface area (Å²) in [6.07, 6.45) is 7.14. The summed E-state index contributed by atoms with van der Waals surface area (Å²) in [7, 11) is 0. The van der Waals surface area contributed by atoms with Crippen LogP contribution in [0.3, 0.4) is 0 Å². The van der Waals surface area contributed by atoms with Gasteiger partial charge in [0.1, 0.15) is 5.76 Å². The molecule has 0 bridgehead atoms. The van der Waals surface area contributed by atoms with Gasteiger partial charge in [0, 0.05) is 6.04 Å². The summed E-state index contributed by atoms with van der Waals surface area (Å²) in [5.41, 5.74) is 0. The molecule has 1 N–H and O–H groups in total. The van der Waals surface area contributed by atoms with Crippen LogP contribution < -0.4 is 0 Å². The number of hydrogen-bond acceptors (Lipinski definition) is 3. The first kappa shape index (κ1) is 13.1. The van der Waals surface area contributed by atoms with Crippen molar-refractivity contribution in [3.8, 4) is 0 Å². The molecule has 1 aromatic heterocycles. The molecule has 0 amide bonds. The van der Waals surface area contributed by atoms with Crippen LogP contribution in [-0.2, 0) is 4.79 Å². The van der Waals surface area contributed by atoms with E-state index in [4.69, 9.17) is 9.52 Å². The van der Waals surface area contributed by atoms with Crippen molar-refractivity contribution in [1.29, 1.82) is 0 Å². The van der Waals surface area contributed by atoms with E-state index in [1.54, 1.807) is 6.26 Å². The van der Waals surface area contributed by atoms with E-state index in [1.165, 1.54) is 12.8 Å². The maximum absolute atomic E-state index is 11.1. The summed E-state index contributed by atoms with van der Waals surface area (Å²) < 4.78 is 5.47. The van der Waals surface area contributed by atoms with Crippen LogP contribution in [0.5, 0.6) is 0 Å². The molecule has 1 aliphatic carbocycles. The van der Waals surface area contributed by atoms with Gasteiger partial charge in [-0.2, -0.15) is 0 Å². The van der Waals surface area contributed by atoms with E-state index in [0.717, 1.165) is 25.0 Å². The van der Waals surface area contributed by atoms with E-state index in [9.17, 15) is 4.79 Å². The summed E-state index contributed by atoms with van der Waals surface area (Å²) in [5, 5.41) is 9.11. The van der Waals surface area contributed by atoms with Crippen LogP contribution in [-0.4, -0.2) is 28.6 Å². The Labute approximate surface area is 108 Å². The van der Waals surface area contributed by atoms with Gasteiger partial charge in [-0.25, -0.2) is 0 Å². The second-order valence-electron chi connectivity index (χ2n) is 4.94. The molecular weight excluding hydrogens is 230 g/mol. The third kappa shape index (κ3) is 2.93. The van der Waals surface area contributed by atoms with E-state index < -0.39 is 5.97 Å². The third-order valence-electron chi connectivity index (χ3n) is 3.77. The fourth-order valence-electron chi connectivity index (χ4n) is 2.97.